The molecule has 1 aromatic heterocycles. The first-order valence-electron chi connectivity index (χ1n) is 6.41. The second-order valence-electron chi connectivity index (χ2n) is 4.50. The number of hydrogen-bond acceptors (Lipinski definition) is 3. The molecular weight excluding hydrogens is 302 g/mol. The molecule has 2 N–H and O–H groups in total. The molecule has 0 spiro atoms. The number of aromatic nitrogens is 1. The number of nitrogens with one attached hydrogen (secondary N) is 2. The Morgan fingerprint density at radius 1 is 1.16 bits per heavy atom. The van der Waals surface area contributed by atoms with Crippen molar-refractivity contribution in [1.82, 2.24) is 4.98 Å². The number of rotatable bonds is 5. The summed E-state index contributed by atoms with van der Waals surface area (Å²) in [6, 6.07) is 10.3. The number of halogens is 1. The summed E-state index contributed by atoms with van der Waals surface area (Å²) in [5, 5.41) is 6.68. The fourth-order valence-corrected chi connectivity index (χ4v) is 2.44. The topological polar surface area (TPSA) is 37.0 Å². The van der Waals surface area contributed by atoms with Gasteiger partial charge in [-0.15, -0.1) is 0 Å². The van der Waals surface area contributed by atoms with Crippen molar-refractivity contribution in [1.29, 1.82) is 0 Å². The summed E-state index contributed by atoms with van der Waals surface area (Å²) in [7, 11) is 0. The molecule has 0 fully saturated rings. The zero-order valence-corrected chi connectivity index (χ0v) is 12.8. The van der Waals surface area contributed by atoms with Crippen LogP contribution in [0.5, 0.6) is 0 Å². The van der Waals surface area contributed by atoms with Crippen LogP contribution >= 0.6 is 15.9 Å². The van der Waals surface area contributed by atoms with Gasteiger partial charge >= 0.3 is 0 Å². The molecule has 0 saturated heterocycles. The van der Waals surface area contributed by atoms with Gasteiger partial charge in [0.25, 0.3) is 0 Å². The monoisotopic (exact) mass is 319 g/mol. The first kappa shape index (κ1) is 13.9. The number of anilines is 3. The van der Waals surface area contributed by atoms with Gasteiger partial charge in [-0.3, -0.25) is 0 Å². The van der Waals surface area contributed by atoms with Crippen molar-refractivity contribution < 1.29 is 0 Å². The van der Waals surface area contributed by atoms with Crippen LogP contribution in [0.15, 0.2) is 41.0 Å². The second-order valence-corrected chi connectivity index (χ2v) is 5.41. The molecule has 0 atom stereocenters. The molecular formula is C15H18BrN3. The quantitative estimate of drug-likeness (QED) is 0.837. The molecule has 0 saturated carbocycles. The molecule has 0 radical (unpaired) electrons. The van der Waals surface area contributed by atoms with E-state index in [4.69, 9.17) is 0 Å². The van der Waals surface area contributed by atoms with E-state index in [9.17, 15) is 0 Å². The number of nitrogens with zero attached hydrogens (tertiary/aromatic N) is 1. The molecule has 1 aromatic carbocycles. The summed E-state index contributed by atoms with van der Waals surface area (Å²) in [4.78, 5) is 4.29. The molecule has 4 heteroatoms. The lowest BCUT2D eigenvalue weighted by atomic mass is 10.2. The highest BCUT2D eigenvalue weighted by molar-refractivity contribution is 9.10. The third-order valence-corrected chi connectivity index (χ3v) is 3.10. The summed E-state index contributed by atoms with van der Waals surface area (Å²) in [5.41, 5.74) is 3.32. The highest BCUT2D eigenvalue weighted by Crippen LogP contribution is 2.23. The van der Waals surface area contributed by atoms with E-state index in [1.54, 1.807) is 0 Å². The van der Waals surface area contributed by atoms with Crippen LogP contribution in [0.3, 0.4) is 0 Å². The predicted molar refractivity (Wildman–Crippen MR) is 85.2 cm³/mol. The molecule has 0 aliphatic rings. The Morgan fingerprint density at radius 3 is 2.74 bits per heavy atom. The highest BCUT2D eigenvalue weighted by atomic mass is 79.9. The maximum atomic E-state index is 4.29. The summed E-state index contributed by atoms with van der Waals surface area (Å²) < 4.78 is 1.08. The van der Waals surface area contributed by atoms with Crippen molar-refractivity contribution in [3.05, 3.63) is 46.6 Å². The Labute approximate surface area is 122 Å². The van der Waals surface area contributed by atoms with Crippen molar-refractivity contribution in [2.45, 2.75) is 20.3 Å². The molecule has 19 heavy (non-hydrogen) atoms. The minimum absolute atomic E-state index is 0.901. The highest BCUT2D eigenvalue weighted by Gasteiger charge is 2.00. The molecule has 100 valence electrons. The fourth-order valence-electron chi connectivity index (χ4n) is 1.83. The van der Waals surface area contributed by atoms with Gasteiger partial charge in [0, 0.05) is 34.7 Å². The lowest BCUT2D eigenvalue weighted by Gasteiger charge is -2.10. The van der Waals surface area contributed by atoms with E-state index in [1.807, 2.05) is 18.3 Å². The van der Waals surface area contributed by atoms with E-state index in [-0.39, 0.29) is 0 Å². The average molecular weight is 320 g/mol. The van der Waals surface area contributed by atoms with Gasteiger partial charge < -0.3 is 10.6 Å². The SMILES string of the molecule is CCCNc1cc(Nc2cc(C)cc(Br)c2)ccn1. The van der Waals surface area contributed by atoms with E-state index in [2.05, 4.69) is 63.6 Å². The van der Waals surface area contributed by atoms with Crippen molar-refractivity contribution >= 4 is 33.1 Å². The van der Waals surface area contributed by atoms with Gasteiger partial charge in [-0.2, -0.15) is 0 Å². The number of aryl methyl sites for hydroxylation is 1. The third-order valence-electron chi connectivity index (χ3n) is 2.65. The fraction of sp³-hybridized carbons (Fsp3) is 0.267. The summed E-state index contributed by atoms with van der Waals surface area (Å²) >= 11 is 3.51. The Kier molecular flexibility index (Phi) is 4.80. The van der Waals surface area contributed by atoms with Crippen LogP contribution < -0.4 is 10.6 Å². The molecule has 0 aliphatic heterocycles. The molecule has 0 bridgehead atoms. The third kappa shape index (κ3) is 4.24. The zero-order chi connectivity index (χ0) is 13.7. The van der Waals surface area contributed by atoms with E-state index in [0.29, 0.717) is 0 Å². The standard InChI is InChI=1S/C15H18BrN3/c1-3-5-17-15-10-13(4-6-18-15)19-14-8-11(2)7-12(16)9-14/h4,6-10H,3,5H2,1-2H3,(H2,17,18,19). The van der Waals surface area contributed by atoms with Gasteiger partial charge in [-0.1, -0.05) is 22.9 Å². The lowest BCUT2D eigenvalue weighted by molar-refractivity contribution is 0.969. The average Bonchev–Trinajstić information content (AvgIpc) is 2.35. The van der Waals surface area contributed by atoms with Crippen LogP contribution in [0, 0.1) is 6.92 Å². The van der Waals surface area contributed by atoms with Gasteiger partial charge in [-0.05, 0) is 43.2 Å². The van der Waals surface area contributed by atoms with Crippen LogP contribution in [0.2, 0.25) is 0 Å². The van der Waals surface area contributed by atoms with Crippen molar-refractivity contribution in [2.24, 2.45) is 0 Å². The first-order chi connectivity index (χ1) is 9.17. The van der Waals surface area contributed by atoms with Crippen molar-refractivity contribution in [3.8, 4) is 0 Å². The first-order valence-corrected chi connectivity index (χ1v) is 7.21. The van der Waals surface area contributed by atoms with Crippen LogP contribution in [-0.2, 0) is 0 Å². The van der Waals surface area contributed by atoms with Crippen LogP contribution in [0.1, 0.15) is 18.9 Å². The summed E-state index contributed by atoms with van der Waals surface area (Å²) in [6.45, 7) is 5.16. The maximum Gasteiger partial charge on any atom is 0.127 e. The molecule has 0 amide bonds. The van der Waals surface area contributed by atoms with Gasteiger partial charge in [-0.25, -0.2) is 4.98 Å². The minimum Gasteiger partial charge on any atom is -0.370 e. The summed E-state index contributed by atoms with van der Waals surface area (Å²) in [6.07, 6.45) is 2.90. The maximum absolute atomic E-state index is 4.29. The van der Waals surface area contributed by atoms with Crippen LogP contribution in [-0.4, -0.2) is 11.5 Å². The largest absolute Gasteiger partial charge is 0.370 e. The van der Waals surface area contributed by atoms with Crippen LogP contribution in [0.25, 0.3) is 0 Å². The Bertz CT molecular complexity index is 535. The molecule has 2 rings (SSSR count). The van der Waals surface area contributed by atoms with Gasteiger partial charge in [0.15, 0.2) is 0 Å². The Morgan fingerprint density at radius 2 is 2.00 bits per heavy atom. The van der Waals surface area contributed by atoms with E-state index in [1.165, 1.54) is 5.56 Å². The summed E-state index contributed by atoms with van der Waals surface area (Å²) in [5.74, 6) is 0.901. The minimum atomic E-state index is 0.901. The van der Waals surface area contributed by atoms with Gasteiger partial charge in [0.1, 0.15) is 5.82 Å². The predicted octanol–water partition coefficient (Wildman–Crippen LogP) is 4.72. The number of hydrogen-bond donors (Lipinski definition) is 2. The Hall–Kier alpha value is -1.55. The molecule has 2 aromatic rings. The lowest BCUT2D eigenvalue weighted by Crippen LogP contribution is -2.02. The molecule has 0 unspecified atom stereocenters. The van der Waals surface area contributed by atoms with Gasteiger partial charge in [0.05, 0.1) is 0 Å². The molecule has 0 aliphatic carbocycles. The molecule has 3 nitrogen and oxygen atoms in total. The van der Waals surface area contributed by atoms with E-state index in [0.717, 1.165) is 34.6 Å². The Balaban J connectivity index is 2.13. The second kappa shape index (κ2) is 6.57. The van der Waals surface area contributed by atoms with Crippen LogP contribution in [0.4, 0.5) is 17.2 Å². The number of pyridine rings is 1. The van der Waals surface area contributed by atoms with Crippen molar-refractivity contribution in [2.75, 3.05) is 17.2 Å². The number of benzene rings is 1. The van der Waals surface area contributed by atoms with Gasteiger partial charge in [0.2, 0.25) is 0 Å². The zero-order valence-electron chi connectivity index (χ0n) is 11.2. The normalized spacial score (nSPS) is 10.3. The smallest absolute Gasteiger partial charge is 0.127 e. The van der Waals surface area contributed by atoms with E-state index >= 15 is 0 Å². The van der Waals surface area contributed by atoms with E-state index < -0.39 is 0 Å². The van der Waals surface area contributed by atoms with Crippen molar-refractivity contribution in [3.63, 3.8) is 0 Å². The molecule has 1 heterocycles.